The Morgan fingerprint density at radius 3 is 2.77 bits per heavy atom. The number of nitrogens with one attached hydrogen (secondary N) is 1. The molecule has 2 aromatic rings. The molecule has 1 aliphatic rings. The summed E-state index contributed by atoms with van der Waals surface area (Å²) in [7, 11) is 0. The van der Waals surface area contributed by atoms with Crippen LogP contribution in [0, 0.1) is 12.8 Å². The molecule has 0 saturated carbocycles. The average molecular weight is 412 g/mol. The van der Waals surface area contributed by atoms with E-state index in [4.69, 9.17) is 9.72 Å². The number of aromatic nitrogens is 2. The summed E-state index contributed by atoms with van der Waals surface area (Å²) >= 11 is 0. The van der Waals surface area contributed by atoms with E-state index in [9.17, 15) is 4.79 Å². The van der Waals surface area contributed by atoms with Crippen LogP contribution in [0.5, 0.6) is 5.75 Å². The molecule has 2 heterocycles. The van der Waals surface area contributed by atoms with Crippen LogP contribution in [-0.4, -0.2) is 60.1 Å². The summed E-state index contributed by atoms with van der Waals surface area (Å²) in [5.41, 5.74) is 0.992. The first-order valence-electron chi connectivity index (χ1n) is 10.9. The van der Waals surface area contributed by atoms with Crippen molar-refractivity contribution < 1.29 is 9.53 Å². The van der Waals surface area contributed by atoms with Gasteiger partial charge in [0.15, 0.2) is 0 Å². The van der Waals surface area contributed by atoms with Crippen molar-refractivity contribution in [3.63, 3.8) is 0 Å². The van der Waals surface area contributed by atoms with Crippen LogP contribution in [0.25, 0.3) is 0 Å². The quantitative estimate of drug-likeness (QED) is 0.638. The Morgan fingerprint density at radius 1 is 1.27 bits per heavy atom. The van der Waals surface area contributed by atoms with Crippen LogP contribution in [0.3, 0.4) is 0 Å². The molecule has 1 fully saturated rings. The summed E-state index contributed by atoms with van der Waals surface area (Å²) < 4.78 is 5.74. The minimum atomic E-state index is 0.0132. The second-order valence-electron chi connectivity index (χ2n) is 7.59. The van der Waals surface area contributed by atoms with Crippen LogP contribution < -0.4 is 15.0 Å². The Balaban J connectivity index is 1.59. The van der Waals surface area contributed by atoms with E-state index in [2.05, 4.69) is 15.2 Å². The van der Waals surface area contributed by atoms with Gasteiger partial charge in [-0.15, -0.1) is 0 Å². The number of anilines is 2. The standard InChI is InChI=1S/C23H33N5O2/c1-4-27(5-2)22(29)19-10-9-14-28(17-19)23-25-16-18(3)21(26-23)24-13-15-30-20-11-7-6-8-12-20/h6-8,11-12,16,19H,4-5,9-10,13-15,17H2,1-3H3,(H,24,25,26). The maximum absolute atomic E-state index is 12.8. The molecule has 1 aromatic heterocycles. The van der Waals surface area contributed by atoms with Crippen molar-refractivity contribution in [2.24, 2.45) is 5.92 Å². The van der Waals surface area contributed by atoms with E-state index in [1.165, 1.54) is 0 Å². The SMILES string of the molecule is CCN(CC)C(=O)C1CCCN(c2ncc(C)c(NCCOc3ccccc3)n2)C1. The molecule has 0 radical (unpaired) electrons. The van der Waals surface area contributed by atoms with Crippen LogP contribution in [0.2, 0.25) is 0 Å². The first-order valence-corrected chi connectivity index (χ1v) is 10.9. The number of hydrogen-bond acceptors (Lipinski definition) is 6. The number of carbonyl (C=O) groups excluding carboxylic acids is 1. The molecule has 1 atom stereocenters. The molecular formula is C23H33N5O2. The number of ether oxygens (including phenoxy) is 1. The van der Waals surface area contributed by atoms with Crippen LogP contribution >= 0.6 is 0 Å². The van der Waals surface area contributed by atoms with Gasteiger partial charge in [-0.2, -0.15) is 4.98 Å². The summed E-state index contributed by atoms with van der Waals surface area (Å²) in [5.74, 6) is 2.61. The molecule has 1 unspecified atom stereocenters. The van der Waals surface area contributed by atoms with Crippen molar-refractivity contribution in [1.29, 1.82) is 0 Å². The Labute approximate surface area is 179 Å². The lowest BCUT2D eigenvalue weighted by molar-refractivity contribution is -0.135. The summed E-state index contributed by atoms with van der Waals surface area (Å²) in [6.45, 7) is 10.3. The normalized spacial score (nSPS) is 16.2. The van der Waals surface area contributed by atoms with Crippen molar-refractivity contribution in [1.82, 2.24) is 14.9 Å². The second-order valence-corrected chi connectivity index (χ2v) is 7.59. The lowest BCUT2D eigenvalue weighted by Gasteiger charge is -2.34. The van der Waals surface area contributed by atoms with Gasteiger partial charge in [0.2, 0.25) is 11.9 Å². The number of rotatable bonds is 9. The Morgan fingerprint density at radius 2 is 2.03 bits per heavy atom. The van der Waals surface area contributed by atoms with Crippen molar-refractivity contribution in [2.45, 2.75) is 33.6 Å². The molecule has 7 nitrogen and oxygen atoms in total. The Kier molecular flexibility index (Phi) is 7.88. The van der Waals surface area contributed by atoms with E-state index in [0.29, 0.717) is 25.6 Å². The summed E-state index contributed by atoms with van der Waals surface area (Å²) in [6, 6.07) is 9.78. The van der Waals surface area contributed by atoms with E-state index >= 15 is 0 Å². The number of benzene rings is 1. The van der Waals surface area contributed by atoms with Crippen LogP contribution in [-0.2, 0) is 4.79 Å². The smallest absolute Gasteiger partial charge is 0.227 e. The van der Waals surface area contributed by atoms with Crippen molar-refractivity contribution in [3.05, 3.63) is 42.1 Å². The number of piperidine rings is 1. The van der Waals surface area contributed by atoms with Crippen molar-refractivity contribution in [3.8, 4) is 5.75 Å². The molecule has 7 heteroatoms. The van der Waals surface area contributed by atoms with Crippen molar-refractivity contribution >= 4 is 17.7 Å². The zero-order valence-corrected chi connectivity index (χ0v) is 18.3. The maximum atomic E-state index is 12.8. The third-order valence-electron chi connectivity index (χ3n) is 5.49. The highest BCUT2D eigenvalue weighted by atomic mass is 16.5. The molecule has 30 heavy (non-hydrogen) atoms. The molecule has 1 N–H and O–H groups in total. The van der Waals surface area contributed by atoms with Gasteiger partial charge in [0.05, 0.1) is 12.5 Å². The van der Waals surface area contributed by atoms with Gasteiger partial charge < -0.3 is 19.9 Å². The van der Waals surface area contributed by atoms with Crippen LogP contribution in [0.1, 0.15) is 32.3 Å². The average Bonchev–Trinajstić information content (AvgIpc) is 2.79. The minimum absolute atomic E-state index is 0.0132. The van der Waals surface area contributed by atoms with Gasteiger partial charge in [-0.3, -0.25) is 4.79 Å². The highest BCUT2D eigenvalue weighted by Gasteiger charge is 2.29. The zero-order valence-electron chi connectivity index (χ0n) is 18.3. The fourth-order valence-electron chi connectivity index (χ4n) is 3.77. The molecule has 0 bridgehead atoms. The summed E-state index contributed by atoms with van der Waals surface area (Å²) in [4.78, 5) is 26.1. The maximum Gasteiger partial charge on any atom is 0.227 e. The van der Waals surface area contributed by atoms with Crippen LogP contribution in [0.15, 0.2) is 36.5 Å². The number of amides is 1. The highest BCUT2D eigenvalue weighted by molar-refractivity contribution is 5.79. The van der Waals surface area contributed by atoms with E-state index in [1.54, 1.807) is 0 Å². The number of para-hydroxylation sites is 1. The van der Waals surface area contributed by atoms with E-state index < -0.39 is 0 Å². The van der Waals surface area contributed by atoms with E-state index in [0.717, 1.165) is 49.6 Å². The van der Waals surface area contributed by atoms with Gasteiger partial charge in [0.25, 0.3) is 0 Å². The fraction of sp³-hybridized carbons (Fsp3) is 0.522. The molecule has 3 rings (SSSR count). The molecular weight excluding hydrogens is 378 g/mol. The van der Waals surface area contributed by atoms with Gasteiger partial charge >= 0.3 is 0 Å². The number of hydrogen-bond donors (Lipinski definition) is 1. The third-order valence-corrected chi connectivity index (χ3v) is 5.49. The largest absolute Gasteiger partial charge is 0.492 e. The van der Waals surface area contributed by atoms with Crippen LogP contribution in [0.4, 0.5) is 11.8 Å². The van der Waals surface area contributed by atoms with Gasteiger partial charge in [0, 0.05) is 37.9 Å². The third kappa shape index (κ3) is 5.62. The lowest BCUT2D eigenvalue weighted by atomic mass is 9.96. The molecule has 1 amide bonds. The summed E-state index contributed by atoms with van der Waals surface area (Å²) in [5, 5.41) is 3.36. The lowest BCUT2D eigenvalue weighted by Crippen LogP contribution is -2.45. The van der Waals surface area contributed by atoms with Gasteiger partial charge in [-0.05, 0) is 45.7 Å². The molecule has 0 aliphatic carbocycles. The van der Waals surface area contributed by atoms with Crippen molar-refractivity contribution in [2.75, 3.05) is 49.5 Å². The fourth-order valence-corrected chi connectivity index (χ4v) is 3.77. The molecule has 162 valence electrons. The van der Waals surface area contributed by atoms with E-state index in [-0.39, 0.29) is 11.8 Å². The highest BCUT2D eigenvalue weighted by Crippen LogP contribution is 2.24. The second kappa shape index (κ2) is 10.8. The summed E-state index contributed by atoms with van der Waals surface area (Å²) in [6.07, 6.45) is 3.75. The molecule has 0 spiro atoms. The van der Waals surface area contributed by atoms with Gasteiger partial charge in [-0.1, -0.05) is 18.2 Å². The van der Waals surface area contributed by atoms with E-state index in [1.807, 2.05) is 62.2 Å². The predicted molar refractivity (Wildman–Crippen MR) is 120 cm³/mol. The molecule has 1 aromatic carbocycles. The first-order chi connectivity index (χ1) is 14.6. The number of nitrogens with zero attached hydrogens (tertiary/aromatic N) is 4. The molecule has 1 saturated heterocycles. The molecule has 1 aliphatic heterocycles. The van der Waals surface area contributed by atoms with Gasteiger partial charge in [-0.25, -0.2) is 4.98 Å². The monoisotopic (exact) mass is 411 g/mol. The number of carbonyl (C=O) groups is 1. The predicted octanol–water partition coefficient (Wildman–Crippen LogP) is 3.36. The zero-order chi connectivity index (χ0) is 21.3. The van der Waals surface area contributed by atoms with Gasteiger partial charge in [0.1, 0.15) is 18.2 Å². The Bertz CT molecular complexity index is 810. The topological polar surface area (TPSA) is 70.6 Å². The Hall–Kier alpha value is -2.83. The number of aryl methyl sites for hydroxylation is 1. The minimum Gasteiger partial charge on any atom is -0.492 e. The first kappa shape index (κ1) is 21.9.